The Bertz CT molecular complexity index is 1050. The number of benzene rings is 1. The van der Waals surface area contributed by atoms with Crippen molar-refractivity contribution in [3.05, 3.63) is 35.7 Å². The van der Waals surface area contributed by atoms with E-state index < -0.39 is 23.8 Å². The highest BCUT2D eigenvalue weighted by Gasteiger charge is 2.51. The molecule has 2 saturated heterocycles. The maximum Gasteiger partial charge on any atom is 0.296 e. The smallest absolute Gasteiger partial charge is 0.296 e. The number of hydrogen-bond donors (Lipinski definition) is 0. The van der Waals surface area contributed by atoms with Crippen molar-refractivity contribution in [2.75, 3.05) is 20.8 Å². The quantitative estimate of drug-likeness (QED) is 0.486. The maximum absolute atomic E-state index is 13.5. The van der Waals surface area contributed by atoms with Crippen molar-refractivity contribution < 1.29 is 28.7 Å². The summed E-state index contributed by atoms with van der Waals surface area (Å²) in [5, 5.41) is 0. The molecule has 2 unspecified atom stereocenters. The van der Waals surface area contributed by atoms with E-state index in [1.165, 1.54) is 36.2 Å². The second-order valence-corrected chi connectivity index (χ2v) is 9.32. The number of piperazine rings is 1. The molecule has 3 heterocycles. The van der Waals surface area contributed by atoms with Gasteiger partial charge in [-0.15, -0.1) is 0 Å². The Kier molecular flexibility index (Phi) is 5.79. The molecule has 9 nitrogen and oxygen atoms in total. The first-order chi connectivity index (χ1) is 16.4. The monoisotopic (exact) mass is 467 g/mol. The number of nitrogens with zero attached hydrogens (tertiary/aromatic N) is 3. The summed E-state index contributed by atoms with van der Waals surface area (Å²) < 4.78 is 10.5. The number of hydrogen-bond acceptors (Lipinski definition) is 6. The summed E-state index contributed by atoms with van der Waals surface area (Å²) in [6.45, 7) is -0.00275. The third-order valence-corrected chi connectivity index (χ3v) is 7.44. The number of ether oxygens (including phenoxy) is 2. The van der Waals surface area contributed by atoms with Crippen LogP contribution in [0.15, 0.2) is 30.1 Å². The number of ketones is 1. The summed E-state index contributed by atoms with van der Waals surface area (Å²) in [7, 11) is 2.94. The van der Waals surface area contributed by atoms with Crippen molar-refractivity contribution >= 4 is 23.5 Å². The lowest BCUT2D eigenvalue weighted by Gasteiger charge is -2.52. The molecule has 3 aliphatic heterocycles. The van der Waals surface area contributed by atoms with Gasteiger partial charge in [0.2, 0.25) is 11.8 Å². The number of carbonyl (C=O) groups excluding carboxylic acids is 4. The lowest BCUT2D eigenvalue weighted by molar-refractivity contribution is -0.156. The SMILES string of the molecule is COc1cc(OC)cc(C(=O)C(=O)N2C3CCCC2C2=CN(C4CCCC4)C(=O)CN2C3=O)c1. The highest BCUT2D eigenvalue weighted by Crippen LogP contribution is 2.39. The van der Waals surface area contributed by atoms with Crippen LogP contribution in [0.5, 0.6) is 11.5 Å². The molecule has 3 amide bonds. The second kappa shape index (κ2) is 8.77. The number of carbonyl (C=O) groups is 4. The summed E-state index contributed by atoms with van der Waals surface area (Å²) in [6, 6.07) is 3.59. The van der Waals surface area contributed by atoms with E-state index in [0.29, 0.717) is 30.0 Å². The fourth-order valence-electron chi connectivity index (χ4n) is 5.73. The lowest BCUT2D eigenvalue weighted by Crippen LogP contribution is -2.67. The van der Waals surface area contributed by atoms with Gasteiger partial charge in [0.25, 0.3) is 11.7 Å². The van der Waals surface area contributed by atoms with Gasteiger partial charge in [-0.1, -0.05) is 12.8 Å². The van der Waals surface area contributed by atoms with Crippen LogP contribution in [0, 0.1) is 0 Å². The fourth-order valence-corrected chi connectivity index (χ4v) is 5.73. The van der Waals surface area contributed by atoms with Gasteiger partial charge in [0.1, 0.15) is 24.1 Å². The second-order valence-electron chi connectivity index (χ2n) is 9.32. The molecule has 1 aromatic carbocycles. The third kappa shape index (κ3) is 3.63. The van der Waals surface area contributed by atoms with Crippen LogP contribution in [0.3, 0.4) is 0 Å². The van der Waals surface area contributed by atoms with Gasteiger partial charge >= 0.3 is 0 Å². The molecule has 5 rings (SSSR count). The molecule has 1 aromatic rings. The van der Waals surface area contributed by atoms with Gasteiger partial charge in [0.05, 0.1) is 26.0 Å². The number of fused-ring (bicyclic) bond motifs is 4. The molecule has 34 heavy (non-hydrogen) atoms. The summed E-state index contributed by atoms with van der Waals surface area (Å²) in [4.78, 5) is 57.8. The minimum atomic E-state index is -0.745. The number of rotatable bonds is 5. The van der Waals surface area contributed by atoms with Crippen LogP contribution in [0.1, 0.15) is 55.3 Å². The third-order valence-electron chi connectivity index (χ3n) is 7.44. The molecule has 0 N–H and O–H groups in total. The van der Waals surface area contributed by atoms with E-state index in [1.807, 2.05) is 0 Å². The predicted molar refractivity (Wildman–Crippen MR) is 121 cm³/mol. The molecule has 0 spiro atoms. The first-order valence-corrected chi connectivity index (χ1v) is 11.9. The van der Waals surface area contributed by atoms with Crippen LogP contribution < -0.4 is 9.47 Å². The van der Waals surface area contributed by atoms with Crippen LogP contribution in [0.4, 0.5) is 0 Å². The van der Waals surface area contributed by atoms with Crippen molar-refractivity contribution in [1.82, 2.24) is 14.7 Å². The molecule has 0 aromatic heterocycles. The minimum absolute atomic E-state index is 0.00275. The molecule has 2 bridgehead atoms. The molecule has 0 radical (unpaired) electrons. The molecule has 9 heteroatoms. The van der Waals surface area contributed by atoms with Gasteiger partial charge in [-0.05, 0) is 44.2 Å². The summed E-state index contributed by atoms with van der Waals surface area (Å²) in [6.07, 6.45) is 7.69. The molecule has 2 atom stereocenters. The van der Waals surface area contributed by atoms with Crippen molar-refractivity contribution in [3.8, 4) is 11.5 Å². The highest BCUT2D eigenvalue weighted by atomic mass is 16.5. The van der Waals surface area contributed by atoms with Gasteiger partial charge in [-0.2, -0.15) is 0 Å². The Balaban J connectivity index is 1.49. The van der Waals surface area contributed by atoms with Crippen molar-refractivity contribution in [2.45, 2.75) is 63.1 Å². The van der Waals surface area contributed by atoms with Gasteiger partial charge < -0.3 is 24.2 Å². The van der Waals surface area contributed by atoms with E-state index in [0.717, 1.165) is 32.1 Å². The fraction of sp³-hybridized carbons (Fsp3) is 0.520. The van der Waals surface area contributed by atoms with E-state index >= 15 is 0 Å². The Morgan fingerprint density at radius 3 is 2.18 bits per heavy atom. The van der Waals surface area contributed by atoms with Crippen molar-refractivity contribution in [1.29, 1.82) is 0 Å². The zero-order chi connectivity index (χ0) is 24.0. The first-order valence-electron chi connectivity index (χ1n) is 11.9. The number of methoxy groups -OCH3 is 2. The summed E-state index contributed by atoms with van der Waals surface area (Å²) in [5.41, 5.74) is 0.798. The van der Waals surface area contributed by atoms with E-state index in [-0.39, 0.29) is 30.0 Å². The molecular weight excluding hydrogens is 438 g/mol. The number of piperidine rings is 1. The zero-order valence-corrected chi connectivity index (χ0v) is 19.5. The lowest BCUT2D eigenvalue weighted by atomic mass is 9.86. The van der Waals surface area contributed by atoms with E-state index in [2.05, 4.69) is 0 Å². The van der Waals surface area contributed by atoms with E-state index in [4.69, 9.17) is 9.47 Å². The normalized spacial score (nSPS) is 24.6. The van der Waals surface area contributed by atoms with Crippen LogP contribution >= 0.6 is 0 Å². The average molecular weight is 468 g/mol. The largest absolute Gasteiger partial charge is 0.497 e. The van der Waals surface area contributed by atoms with Crippen molar-refractivity contribution in [3.63, 3.8) is 0 Å². The van der Waals surface area contributed by atoms with Crippen LogP contribution in [-0.4, -0.2) is 77.1 Å². The minimum Gasteiger partial charge on any atom is -0.497 e. The van der Waals surface area contributed by atoms with E-state index in [1.54, 1.807) is 17.2 Å². The molecule has 1 saturated carbocycles. The Labute approximate surface area is 198 Å². The topological polar surface area (TPSA) is 96.5 Å². The Morgan fingerprint density at radius 2 is 1.53 bits per heavy atom. The number of amides is 3. The Morgan fingerprint density at radius 1 is 0.882 bits per heavy atom. The molecular formula is C25H29N3O6. The summed E-state index contributed by atoms with van der Waals surface area (Å²) in [5.74, 6) is -0.999. The zero-order valence-electron chi connectivity index (χ0n) is 19.5. The van der Waals surface area contributed by atoms with E-state index in [9.17, 15) is 19.2 Å². The van der Waals surface area contributed by atoms with Crippen LogP contribution in [0.25, 0.3) is 0 Å². The first kappa shape index (κ1) is 22.4. The Hall–Kier alpha value is -3.36. The van der Waals surface area contributed by atoms with Gasteiger partial charge in [-0.25, -0.2) is 0 Å². The highest BCUT2D eigenvalue weighted by molar-refractivity contribution is 6.43. The molecule has 180 valence electrons. The summed E-state index contributed by atoms with van der Waals surface area (Å²) >= 11 is 0. The maximum atomic E-state index is 13.5. The van der Waals surface area contributed by atoms with Crippen LogP contribution in [-0.2, 0) is 14.4 Å². The average Bonchev–Trinajstić information content (AvgIpc) is 3.40. The molecule has 3 fully saturated rings. The van der Waals surface area contributed by atoms with Crippen molar-refractivity contribution in [2.24, 2.45) is 0 Å². The molecule has 4 aliphatic rings. The number of Topliss-reactive ketones (excluding diaryl/α,β-unsaturated/α-hetero) is 1. The van der Waals surface area contributed by atoms with Gasteiger partial charge in [-0.3, -0.25) is 19.2 Å². The predicted octanol–water partition coefficient (Wildman–Crippen LogP) is 2.10. The van der Waals surface area contributed by atoms with Crippen LogP contribution in [0.2, 0.25) is 0 Å². The van der Waals surface area contributed by atoms with Gasteiger partial charge in [0, 0.05) is 23.9 Å². The standard InChI is InChI=1S/C25H29N3O6/c1-33-17-10-15(11-18(12-17)34-2)23(30)25(32)28-19-8-5-9-20(28)24(31)27-14-22(29)26(13-21(19)27)16-6-3-4-7-16/h10-13,16,19-20H,3-9,14H2,1-2H3. The molecule has 1 aliphatic carbocycles. The van der Waals surface area contributed by atoms with Gasteiger partial charge in [0.15, 0.2) is 0 Å².